The first-order chi connectivity index (χ1) is 8.16. The van der Waals surface area contributed by atoms with Crippen LogP contribution in [-0.4, -0.2) is 31.1 Å². The van der Waals surface area contributed by atoms with Crippen molar-refractivity contribution in [3.63, 3.8) is 0 Å². The normalized spacial score (nSPS) is 20.7. The fourth-order valence-electron chi connectivity index (χ4n) is 2.48. The Hall–Kier alpha value is -1.22. The van der Waals surface area contributed by atoms with E-state index in [1.54, 1.807) is 0 Å². The number of ether oxygens (including phenoxy) is 1. The van der Waals surface area contributed by atoms with Crippen LogP contribution in [-0.2, 0) is 0 Å². The van der Waals surface area contributed by atoms with Crippen molar-refractivity contribution >= 4 is 5.69 Å². The summed E-state index contributed by atoms with van der Waals surface area (Å²) in [6.07, 6.45) is 3.74. The molecule has 0 spiro atoms. The molecule has 1 aliphatic rings. The Kier molecular flexibility index (Phi) is 3.89. The number of likely N-dealkylation sites (tertiary alicyclic amines) is 1. The molecule has 1 aromatic carbocycles. The Bertz CT molecular complexity index is 378. The molecular weight excluding hydrogens is 212 g/mol. The number of nitrogen functional groups attached to an aromatic ring is 1. The van der Waals surface area contributed by atoms with E-state index in [1.807, 2.05) is 25.1 Å². The van der Waals surface area contributed by atoms with Crippen LogP contribution in [0.3, 0.4) is 0 Å². The van der Waals surface area contributed by atoms with Crippen molar-refractivity contribution in [2.75, 3.05) is 25.9 Å². The first kappa shape index (κ1) is 12.2. The highest BCUT2D eigenvalue weighted by atomic mass is 16.5. The van der Waals surface area contributed by atoms with Crippen LogP contribution >= 0.6 is 0 Å². The molecule has 1 unspecified atom stereocenters. The number of benzene rings is 1. The summed E-state index contributed by atoms with van der Waals surface area (Å²) in [6.45, 7) is 4.05. The lowest BCUT2D eigenvalue weighted by Gasteiger charge is -2.19. The molecule has 17 heavy (non-hydrogen) atoms. The second kappa shape index (κ2) is 5.41. The largest absolute Gasteiger partial charge is 0.493 e. The van der Waals surface area contributed by atoms with Gasteiger partial charge >= 0.3 is 0 Å². The maximum Gasteiger partial charge on any atom is 0.122 e. The molecule has 1 aliphatic heterocycles. The van der Waals surface area contributed by atoms with Crippen LogP contribution in [0.2, 0.25) is 0 Å². The second-order valence-corrected chi connectivity index (χ2v) is 4.94. The van der Waals surface area contributed by atoms with E-state index in [9.17, 15) is 0 Å². The Morgan fingerprint density at radius 3 is 2.94 bits per heavy atom. The number of aryl methyl sites for hydroxylation is 1. The van der Waals surface area contributed by atoms with Gasteiger partial charge in [0.05, 0.1) is 6.61 Å². The first-order valence-corrected chi connectivity index (χ1v) is 6.36. The maximum atomic E-state index is 5.82. The molecule has 1 saturated heterocycles. The smallest absolute Gasteiger partial charge is 0.122 e. The fourth-order valence-corrected chi connectivity index (χ4v) is 2.48. The molecule has 1 heterocycles. The molecule has 0 bridgehead atoms. The van der Waals surface area contributed by atoms with Crippen LogP contribution < -0.4 is 10.5 Å². The van der Waals surface area contributed by atoms with E-state index in [1.165, 1.54) is 19.4 Å². The maximum absolute atomic E-state index is 5.82. The zero-order valence-electron chi connectivity index (χ0n) is 10.8. The molecule has 0 saturated carbocycles. The van der Waals surface area contributed by atoms with Gasteiger partial charge in [-0.3, -0.25) is 0 Å². The molecule has 0 amide bonds. The van der Waals surface area contributed by atoms with E-state index in [2.05, 4.69) is 11.9 Å². The minimum Gasteiger partial charge on any atom is -0.493 e. The third kappa shape index (κ3) is 3.13. The van der Waals surface area contributed by atoms with E-state index in [0.29, 0.717) is 6.04 Å². The SMILES string of the molecule is Cc1cc(N)ccc1OCCC1CCCN1C. The third-order valence-electron chi connectivity index (χ3n) is 3.58. The average Bonchev–Trinajstić information content (AvgIpc) is 2.68. The summed E-state index contributed by atoms with van der Waals surface area (Å²) in [5.41, 5.74) is 7.62. The molecule has 2 N–H and O–H groups in total. The molecule has 1 fully saturated rings. The molecule has 3 heteroatoms. The number of nitrogens with two attached hydrogens (primary N) is 1. The predicted molar refractivity (Wildman–Crippen MR) is 71.4 cm³/mol. The van der Waals surface area contributed by atoms with Gasteiger partial charge in [-0.25, -0.2) is 0 Å². The van der Waals surface area contributed by atoms with Gasteiger partial charge in [0.1, 0.15) is 5.75 Å². The van der Waals surface area contributed by atoms with Crippen LogP contribution in [0.1, 0.15) is 24.8 Å². The Morgan fingerprint density at radius 1 is 1.47 bits per heavy atom. The third-order valence-corrected chi connectivity index (χ3v) is 3.58. The molecule has 0 aromatic heterocycles. The van der Waals surface area contributed by atoms with E-state index < -0.39 is 0 Å². The topological polar surface area (TPSA) is 38.5 Å². The van der Waals surface area contributed by atoms with Crippen molar-refractivity contribution in [1.29, 1.82) is 0 Å². The van der Waals surface area contributed by atoms with E-state index in [0.717, 1.165) is 30.0 Å². The standard InChI is InChI=1S/C14H22N2O/c1-11-10-12(15)5-6-14(11)17-9-7-13-4-3-8-16(13)2/h5-6,10,13H,3-4,7-9,15H2,1-2H3. The van der Waals surface area contributed by atoms with Crippen molar-refractivity contribution in [2.24, 2.45) is 0 Å². The number of rotatable bonds is 4. The minimum atomic E-state index is 0.698. The Morgan fingerprint density at radius 2 is 2.29 bits per heavy atom. The Balaban J connectivity index is 1.81. The van der Waals surface area contributed by atoms with Gasteiger partial charge in [0, 0.05) is 11.7 Å². The van der Waals surface area contributed by atoms with Crippen LogP contribution in [0.25, 0.3) is 0 Å². The van der Waals surface area contributed by atoms with Crippen LogP contribution in [0.4, 0.5) is 5.69 Å². The highest BCUT2D eigenvalue weighted by molar-refractivity contribution is 5.47. The molecule has 2 rings (SSSR count). The molecule has 1 atom stereocenters. The summed E-state index contributed by atoms with van der Waals surface area (Å²) < 4.78 is 5.82. The van der Waals surface area contributed by atoms with Gasteiger partial charge in [-0.1, -0.05) is 0 Å². The zero-order valence-corrected chi connectivity index (χ0v) is 10.8. The fraction of sp³-hybridized carbons (Fsp3) is 0.571. The van der Waals surface area contributed by atoms with Gasteiger partial charge in [-0.2, -0.15) is 0 Å². The molecule has 0 radical (unpaired) electrons. The van der Waals surface area contributed by atoms with E-state index in [4.69, 9.17) is 10.5 Å². The molecular formula is C14H22N2O. The van der Waals surface area contributed by atoms with Crippen molar-refractivity contribution in [1.82, 2.24) is 4.90 Å². The van der Waals surface area contributed by atoms with Gasteiger partial charge < -0.3 is 15.4 Å². The van der Waals surface area contributed by atoms with Crippen molar-refractivity contribution in [2.45, 2.75) is 32.2 Å². The summed E-state index contributed by atoms with van der Waals surface area (Å²) in [6, 6.07) is 6.51. The van der Waals surface area contributed by atoms with Gasteiger partial charge in [0.25, 0.3) is 0 Å². The van der Waals surface area contributed by atoms with Gasteiger partial charge in [-0.05, 0) is 63.5 Å². The van der Waals surface area contributed by atoms with Crippen molar-refractivity contribution < 1.29 is 4.74 Å². The number of hydrogen-bond donors (Lipinski definition) is 1. The van der Waals surface area contributed by atoms with Crippen LogP contribution in [0.15, 0.2) is 18.2 Å². The number of nitrogens with zero attached hydrogens (tertiary/aromatic N) is 1. The van der Waals surface area contributed by atoms with Crippen LogP contribution in [0, 0.1) is 6.92 Å². The summed E-state index contributed by atoms with van der Waals surface area (Å²) >= 11 is 0. The predicted octanol–water partition coefficient (Wildman–Crippen LogP) is 2.44. The summed E-state index contributed by atoms with van der Waals surface area (Å²) in [5, 5.41) is 0. The molecule has 1 aromatic rings. The average molecular weight is 234 g/mol. The molecule has 94 valence electrons. The van der Waals surface area contributed by atoms with Crippen molar-refractivity contribution in [3.05, 3.63) is 23.8 Å². The van der Waals surface area contributed by atoms with Crippen molar-refractivity contribution in [3.8, 4) is 5.75 Å². The van der Waals surface area contributed by atoms with Gasteiger partial charge in [0.15, 0.2) is 0 Å². The lowest BCUT2D eigenvalue weighted by molar-refractivity contribution is 0.232. The quantitative estimate of drug-likeness (QED) is 0.813. The van der Waals surface area contributed by atoms with Gasteiger partial charge in [0.2, 0.25) is 0 Å². The molecule has 3 nitrogen and oxygen atoms in total. The first-order valence-electron chi connectivity index (χ1n) is 6.36. The number of anilines is 1. The minimum absolute atomic E-state index is 0.698. The molecule has 0 aliphatic carbocycles. The number of hydrogen-bond acceptors (Lipinski definition) is 3. The van der Waals surface area contributed by atoms with Gasteiger partial charge in [-0.15, -0.1) is 0 Å². The highest BCUT2D eigenvalue weighted by Crippen LogP contribution is 2.22. The zero-order chi connectivity index (χ0) is 12.3. The van der Waals surface area contributed by atoms with E-state index >= 15 is 0 Å². The lowest BCUT2D eigenvalue weighted by Crippen LogP contribution is -2.26. The monoisotopic (exact) mass is 234 g/mol. The summed E-state index contributed by atoms with van der Waals surface area (Å²) in [7, 11) is 2.20. The lowest BCUT2D eigenvalue weighted by atomic mass is 10.1. The second-order valence-electron chi connectivity index (χ2n) is 4.94. The highest BCUT2D eigenvalue weighted by Gasteiger charge is 2.20. The Labute approximate surface area is 104 Å². The van der Waals surface area contributed by atoms with Crippen LogP contribution in [0.5, 0.6) is 5.75 Å². The summed E-state index contributed by atoms with van der Waals surface area (Å²) in [5.74, 6) is 0.958. The van der Waals surface area contributed by atoms with E-state index in [-0.39, 0.29) is 0 Å². The summed E-state index contributed by atoms with van der Waals surface area (Å²) in [4.78, 5) is 2.43.